The smallest absolute Gasteiger partial charge is 0.411 e. The molecule has 52 heavy (non-hydrogen) atoms. The summed E-state index contributed by atoms with van der Waals surface area (Å²) in [5.41, 5.74) is 21.8. The molecular weight excluding hydrogens is 720 g/mol. The number of nitrogens with two attached hydrogens (primary N) is 1. The molecule has 2 heterocycles. The summed E-state index contributed by atoms with van der Waals surface area (Å²) in [4.78, 5) is 37.8. The lowest BCUT2D eigenvalue weighted by Gasteiger charge is -2.21. The zero-order valence-corrected chi connectivity index (χ0v) is 34.2. The van der Waals surface area contributed by atoms with E-state index >= 15 is 0 Å². The van der Waals surface area contributed by atoms with Crippen molar-refractivity contribution in [1.82, 2.24) is 0 Å². The predicted octanol–water partition coefficient (Wildman–Crippen LogP) is 11.1. The van der Waals surface area contributed by atoms with Gasteiger partial charge in [-0.15, -0.1) is 0 Å². The molecule has 6 aromatic rings. The highest BCUT2D eigenvalue weighted by atomic mass is 79.9. The fraction of sp³-hybridized carbons (Fsp3) is 0.326. The fourth-order valence-electron chi connectivity index (χ4n) is 7.44. The molecule has 0 fully saturated rings. The first-order valence-electron chi connectivity index (χ1n) is 17.1. The lowest BCUT2D eigenvalue weighted by atomic mass is 9.86. The van der Waals surface area contributed by atoms with Gasteiger partial charge in [0.15, 0.2) is 0 Å². The van der Waals surface area contributed by atoms with Gasteiger partial charge in [0.05, 0.1) is 28.0 Å². The van der Waals surface area contributed by atoms with Gasteiger partial charge in [0, 0.05) is 32.8 Å². The maximum atomic E-state index is 13.2. The molecule has 0 radical (unpaired) electrons. The summed E-state index contributed by atoms with van der Waals surface area (Å²) < 4.78 is 17.0. The van der Waals surface area contributed by atoms with Crippen LogP contribution in [0.5, 0.6) is 0 Å². The second kappa shape index (κ2) is 13.6. The number of anilines is 2. The zero-order chi connectivity index (χ0) is 39.0. The van der Waals surface area contributed by atoms with E-state index in [-0.39, 0.29) is 5.63 Å². The number of hydrogen-bond acceptors (Lipinski definition) is 7. The Labute approximate surface area is 312 Å². The fourth-order valence-corrected chi connectivity index (χ4v) is 8.10. The first-order valence-corrected chi connectivity index (χ1v) is 17.9. The highest BCUT2D eigenvalue weighted by Gasteiger charge is 2.25. The van der Waals surface area contributed by atoms with Gasteiger partial charge in [-0.1, -0.05) is 6.58 Å². The average Bonchev–Trinajstić information content (AvgIpc) is 3.11. The molecule has 0 atom stereocenters. The number of halogens is 1. The number of methoxy groups -OCH3 is 1. The zero-order valence-electron chi connectivity index (χ0n) is 32.6. The minimum atomic E-state index is -0.599. The van der Waals surface area contributed by atoms with Crippen molar-refractivity contribution >= 4 is 82.5 Å². The molecule has 0 unspecified atom stereocenters. The number of amides is 1. The number of nitrogen functional groups attached to an aromatic ring is 1. The van der Waals surface area contributed by atoms with Crippen molar-refractivity contribution in [3.05, 3.63) is 104 Å². The molecule has 0 aliphatic rings. The molecule has 6 rings (SSSR count). The standard InChI is InChI=1S/C24H27NO4.C19H20BrNO2/c1-10(2)17-20-18(14(6)15(7)21(17)25-24(27)28-9)19-13(5)11(3)12(4)16(8)22(19)29-23(20)26;1-7-8(2)12(6)18-14(9(7)3)13-10(4)11(5)17(21)16(20)15(13)19(22)23-18/h1H2,2-9H3,(H,25,27);21H2,1-6H3. The minimum absolute atomic E-state index is 0.347. The monoisotopic (exact) mass is 766 g/mol. The number of nitrogens with one attached hydrogen (secondary N) is 1. The molecule has 0 saturated carbocycles. The van der Waals surface area contributed by atoms with Gasteiger partial charge in [-0.2, -0.15) is 0 Å². The Kier molecular flexibility index (Phi) is 10.0. The Balaban J connectivity index is 0.000000206. The van der Waals surface area contributed by atoms with Gasteiger partial charge in [-0.05, 0) is 178 Å². The number of rotatable bonds is 2. The first-order chi connectivity index (χ1) is 24.2. The number of hydrogen-bond donors (Lipinski definition) is 2. The van der Waals surface area contributed by atoms with Crippen LogP contribution in [0.1, 0.15) is 79.2 Å². The summed E-state index contributed by atoms with van der Waals surface area (Å²) in [6, 6.07) is 0. The SMILES string of the molecule is C=C(C)c1c(NC(=O)OC)c(C)c(C)c2c1c(=O)oc1c(C)c(C)c(C)c(C)c12.Cc1c(C)c(C)c2c(oc(=O)c3c(Br)c(N)c(C)c(C)c32)c1C. The van der Waals surface area contributed by atoms with Gasteiger partial charge in [0.25, 0.3) is 0 Å². The third-order valence-electron chi connectivity index (χ3n) is 11.5. The summed E-state index contributed by atoms with van der Waals surface area (Å²) in [6.45, 7) is 30.2. The molecule has 8 nitrogen and oxygen atoms in total. The van der Waals surface area contributed by atoms with E-state index in [1.54, 1.807) is 0 Å². The predicted molar refractivity (Wildman–Crippen MR) is 220 cm³/mol. The van der Waals surface area contributed by atoms with E-state index < -0.39 is 11.7 Å². The molecule has 0 bridgehead atoms. The van der Waals surface area contributed by atoms with Crippen LogP contribution in [-0.2, 0) is 4.74 Å². The van der Waals surface area contributed by atoms with Gasteiger partial charge in [0.1, 0.15) is 11.2 Å². The quantitative estimate of drug-likeness (QED) is 0.102. The van der Waals surface area contributed by atoms with Crippen LogP contribution >= 0.6 is 15.9 Å². The van der Waals surface area contributed by atoms with Crippen molar-refractivity contribution in [1.29, 1.82) is 0 Å². The van der Waals surface area contributed by atoms with Crippen molar-refractivity contribution in [2.45, 2.75) is 90.0 Å². The Morgan fingerprint density at radius 2 is 0.981 bits per heavy atom. The van der Waals surface area contributed by atoms with Crippen molar-refractivity contribution in [2.24, 2.45) is 0 Å². The summed E-state index contributed by atoms with van der Waals surface area (Å²) in [5.74, 6) is 0. The van der Waals surface area contributed by atoms with Crippen LogP contribution in [0.3, 0.4) is 0 Å². The number of carbonyl (C=O) groups is 1. The van der Waals surface area contributed by atoms with Crippen molar-refractivity contribution < 1.29 is 18.4 Å². The Morgan fingerprint density at radius 1 is 0.596 bits per heavy atom. The minimum Gasteiger partial charge on any atom is -0.453 e. The van der Waals surface area contributed by atoms with E-state index in [1.807, 2.05) is 55.4 Å². The third kappa shape index (κ3) is 5.61. The second-order valence-electron chi connectivity index (χ2n) is 14.1. The van der Waals surface area contributed by atoms with Crippen molar-refractivity contribution in [3.63, 3.8) is 0 Å². The molecule has 4 aromatic carbocycles. The van der Waals surface area contributed by atoms with Gasteiger partial charge in [-0.25, -0.2) is 14.4 Å². The maximum Gasteiger partial charge on any atom is 0.411 e. The highest BCUT2D eigenvalue weighted by Crippen LogP contribution is 2.43. The van der Waals surface area contributed by atoms with Gasteiger partial charge in [0.2, 0.25) is 0 Å². The lowest BCUT2D eigenvalue weighted by molar-refractivity contribution is 0.187. The van der Waals surface area contributed by atoms with E-state index in [9.17, 15) is 14.4 Å². The molecule has 2 aromatic heterocycles. The molecular formula is C43H47BrN2O6. The molecule has 272 valence electrons. The normalized spacial score (nSPS) is 11.4. The Bertz CT molecular complexity index is 2710. The second-order valence-corrected chi connectivity index (χ2v) is 14.9. The van der Waals surface area contributed by atoms with Crippen LogP contribution in [-0.4, -0.2) is 13.2 Å². The van der Waals surface area contributed by atoms with E-state index in [0.717, 1.165) is 71.6 Å². The summed E-state index contributed by atoms with van der Waals surface area (Å²) in [7, 11) is 1.30. The van der Waals surface area contributed by atoms with E-state index in [2.05, 4.69) is 62.4 Å². The largest absolute Gasteiger partial charge is 0.453 e. The molecule has 0 aliphatic carbocycles. The Morgan fingerprint density at radius 3 is 1.42 bits per heavy atom. The van der Waals surface area contributed by atoms with Crippen LogP contribution in [0.2, 0.25) is 0 Å². The Hall–Kier alpha value is -4.89. The molecule has 0 saturated heterocycles. The number of allylic oxidation sites excluding steroid dienone is 1. The van der Waals surface area contributed by atoms with Crippen molar-refractivity contribution in [2.75, 3.05) is 18.2 Å². The van der Waals surface area contributed by atoms with E-state index in [0.29, 0.717) is 48.9 Å². The van der Waals surface area contributed by atoms with Crippen LogP contribution < -0.4 is 22.3 Å². The highest BCUT2D eigenvalue weighted by molar-refractivity contribution is 9.10. The number of carbonyl (C=O) groups excluding carboxylic acids is 1. The topological polar surface area (TPSA) is 125 Å². The lowest BCUT2D eigenvalue weighted by Crippen LogP contribution is -2.16. The summed E-state index contributed by atoms with van der Waals surface area (Å²) in [6.07, 6.45) is -0.599. The van der Waals surface area contributed by atoms with Crippen LogP contribution in [0.25, 0.3) is 49.1 Å². The first kappa shape index (κ1) is 38.3. The summed E-state index contributed by atoms with van der Waals surface area (Å²) in [5, 5.41) is 7.48. The molecule has 0 spiro atoms. The number of fused-ring (bicyclic) bond motifs is 6. The van der Waals surface area contributed by atoms with Crippen LogP contribution in [0, 0.1) is 83.1 Å². The molecule has 3 N–H and O–H groups in total. The number of aryl methyl sites for hydroxylation is 6. The number of benzene rings is 4. The number of ether oxygens (including phenoxy) is 1. The molecule has 9 heteroatoms. The van der Waals surface area contributed by atoms with Gasteiger partial charge < -0.3 is 19.3 Å². The molecule has 0 aliphatic heterocycles. The van der Waals surface area contributed by atoms with E-state index in [4.69, 9.17) is 19.3 Å². The van der Waals surface area contributed by atoms with Crippen molar-refractivity contribution in [3.8, 4) is 0 Å². The van der Waals surface area contributed by atoms with Gasteiger partial charge in [-0.3, -0.25) is 5.32 Å². The van der Waals surface area contributed by atoms with Gasteiger partial charge >= 0.3 is 17.3 Å². The third-order valence-corrected chi connectivity index (χ3v) is 12.3. The van der Waals surface area contributed by atoms with E-state index in [1.165, 1.54) is 23.8 Å². The molecule has 1 amide bonds. The average molecular weight is 768 g/mol. The van der Waals surface area contributed by atoms with Crippen LogP contribution in [0.15, 0.2) is 29.5 Å². The van der Waals surface area contributed by atoms with Crippen LogP contribution in [0.4, 0.5) is 16.2 Å². The summed E-state index contributed by atoms with van der Waals surface area (Å²) >= 11 is 3.49. The maximum absolute atomic E-state index is 13.2.